The molecular formula is C24H32N2O4S. The summed E-state index contributed by atoms with van der Waals surface area (Å²) in [6.07, 6.45) is 2.87. The van der Waals surface area contributed by atoms with Gasteiger partial charge in [0.1, 0.15) is 11.8 Å². The monoisotopic (exact) mass is 444 g/mol. The zero-order valence-corrected chi connectivity index (χ0v) is 19.3. The van der Waals surface area contributed by atoms with Crippen molar-refractivity contribution in [1.82, 2.24) is 9.62 Å². The Balaban J connectivity index is 1.62. The van der Waals surface area contributed by atoms with Crippen LogP contribution in [0.15, 0.2) is 59.5 Å². The molecule has 31 heavy (non-hydrogen) atoms. The van der Waals surface area contributed by atoms with Gasteiger partial charge in [0.25, 0.3) is 0 Å². The summed E-state index contributed by atoms with van der Waals surface area (Å²) >= 11 is 0. The molecule has 1 aliphatic heterocycles. The fourth-order valence-corrected chi connectivity index (χ4v) is 5.30. The predicted molar refractivity (Wildman–Crippen MR) is 121 cm³/mol. The number of ether oxygens (including phenoxy) is 1. The number of carbonyl (C=O) groups is 1. The maximum Gasteiger partial charge on any atom is 0.241 e. The second-order valence-corrected chi connectivity index (χ2v) is 10.2. The molecule has 0 bridgehead atoms. The Hall–Kier alpha value is -2.38. The molecule has 1 fully saturated rings. The van der Waals surface area contributed by atoms with E-state index in [1.165, 1.54) is 24.8 Å². The molecule has 0 radical (unpaired) electrons. The number of nitrogens with one attached hydrogen (secondary N) is 1. The Morgan fingerprint density at radius 3 is 2.23 bits per heavy atom. The van der Waals surface area contributed by atoms with Crippen molar-refractivity contribution >= 4 is 15.9 Å². The summed E-state index contributed by atoms with van der Waals surface area (Å²) in [5, 5.41) is 0. The van der Waals surface area contributed by atoms with Crippen LogP contribution in [0, 0.1) is 11.8 Å². The van der Waals surface area contributed by atoms with E-state index in [1.54, 1.807) is 12.1 Å². The topological polar surface area (TPSA) is 75.7 Å². The Bertz CT molecular complexity index is 951. The summed E-state index contributed by atoms with van der Waals surface area (Å²) < 4.78 is 33.5. The number of nitrogens with zero attached hydrogens (tertiary/aromatic N) is 1. The lowest BCUT2D eigenvalue weighted by molar-refractivity contribution is -0.135. The van der Waals surface area contributed by atoms with Crippen LogP contribution in [0.1, 0.15) is 32.3 Å². The Morgan fingerprint density at radius 2 is 1.68 bits per heavy atom. The van der Waals surface area contributed by atoms with Crippen molar-refractivity contribution in [3.05, 3.63) is 60.2 Å². The predicted octanol–water partition coefficient (Wildman–Crippen LogP) is 3.48. The van der Waals surface area contributed by atoms with Gasteiger partial charge in [0.2, 0.25) is 15.9 Å². The zero-order valence-electron chi connectivity index (χ0n) is 18.5. The first-order valence-corrected chi connectivity index (χ1v) is 12.3. The second kappa shape index (κ2) is 10.3. The van der Waals surface area contributed by atoms with Crippen LogP contribution in [0.3, 0.4) is 0 Å². The van der Waals surface area contributed by atoms with Crippen molar-refractivity contribution in [3.8, 4) is 5.75 Å². The van der Waals surface area contributed by atoms with Crippen molar-refractivity contribution in [3.63, 3.8) is 0 Å². The quantitative estimate of drug-likeness (QED) is 0.676. The SMILES string of the molecule is COc1ccc(S(=O)(=O)NC(C(=O)N2CCC(Cc3ccccc3)CC2)C(C)C)cc1. The van der Waals surface area contributed by atoms with Gasteiger partial charge >= 0.3 is 0 Å². The molecule has 1 aliphatic rings. The summed E-state index contributed by atoms with van der Waals surface area (Å²) in [6, 6.07) is 15.8. The summed E-state index contributed by atoms with van der Waals surface area (Å²) in [7, 11) is -2.29. The first-order chi connectivity index (χ1) is 14.8. The minimum atomic E-state index is -3.82. The van der Waals surface area contributed by atoms with E-state index in [4.69, 9.17) is 4.74 Å². The molecule has 1 saturated heterocycles. The van der Waals surface area contributed by atoms with Gasteiger partial charge in [-0.3, -0.25) is 4.79 Å². The molecule has 7 heteroatoms. The van der Waals surface area contributed by atoms with Crippen LogP contribution in [0.4, 0.5) is 0 Å². The first-order valence-electron chi connectivity index (χ1n) is 10.8. The summed E-state index contributed by atoms with van der Waals surface area (Å²) in [5.41, 5.74) is 1.32. The highest BCUT2D eigenvalue weighted by Crippen LogP contribution is 2.23. The Labute approximate surface area is 185 Å². The molecule has 0 aromatic heterocycles. The van der Waals surface area contributed by atoms with Gasteiger partial charge in [-0.05, 0) is 60.9 Å². The van der Waals surface area contributed by atoms with Crippen molar-refractivity contribution in [2.24, 2.45) is 11.8 Å². The third-order valence-corrected chi connectivity index (χ3v) is 7.33. The van der Waals surface area contributed by atoms with Crippen LogP contribution in [0.2, 0.25) is 0 Å². The van der Waals surface area contributed by atoms with Crippen molar-refractivity contribution in [1.29, 1.82) is 0 Å². The van der Waals surface area contributed by atoms with Crippen LogP contribution >= 0.6 is 0 Å². The van der Waals surface area contributed by atoms with Crippen LogP contribution in [-0.4, -0.2) is 45.5 Å². The number of rotatable bonds is 8. The van der Waals surface area contributed by atoms with Gasteiger partial charge in [-0.2, -0.15) is 4.72 Å². The van der Waals surface area contributed by atoms with E-state index in [2.05, 4.69) is 29.0 Å². The maximum absolute atomic E-state index is 13.2. The lowest BCUT2D eigenvalue weighted by Gasteiger charge is -2.35. The fraction of sp³-hybridized carbons (Fsp3) is 0.458. The average molecular weight is 445 g/mol. The molecule has 1 N–H and O–H groups in total. The standard InChI is InChI=1S/C24H32N2O4S/c1-18(2)23(25-31(28,29)22-11-9-21(30-3)10-12-22)24(27)26-15-13-20(14-16-26)17-19-7-5-4-6-8-19/h4-12,18,20,23,25H,13-17H2,1-3H3. The number of hydrogen-bond donors (Lipinski definition) is 1. The molecule has 2 aromatic rings. The first kappa shape index (κ1) is 23.3. The molecule has 0 aliphatic carbocycles. The largest absolute Gasteiger partial charge is 0.497 e. The smallest absolute Gasteiger partial charge is 0.241 e. The molecule has 6 nitrogen and oxygen atoms in total. The molecular weight excluding hydrogens is 412 g/mol. The van der Waals surface area contributed by atoms with E-state index in [1.807, 2.05) is 24.8 Å². The second-order valence-electron chi connectivity index (χ2n) is 8.48. The highest BCUT2D eigenvalue weighted by molar-refractivity contribution is 7.89. The normalized spacial score (nSPS) is 16.3. The molecule has 3 rings (SSSR count). The van der Waals surface area contributed by atoms with Crippen molar-refractivity contribution < 1.29 is 17.9 Å². The number of methoxy groups -OCH3 is 1. The van der Waals surface area contributed by atoms with E-state index in [-0.39, 0.29) is 16.7 Å². The van der Waals surface area contributed by atoms with Crippen molar-refractivity contribution in [2.45, 2.75) is 44.0 Å². The van der Waals surface area contributed by atoms with Gasteiger partial charge in [0, 0.05) is 13.1 Å². The summed E-state index contributed by atoms with van der Waals surface area (Å²) in [4.78, 5) is 15.1. The molecule has 0 spiro atoms. The third kappa shape index (κ3) is 6.08. The average Bonchev–Trinajstić information content (AvgIpc) is 2.78. The van der Waals surface area contributed by atoms with Gasteiger partial charge in [-0.1, -0.05) is 44.2 Å². The minimum Gasteiger partial charge on any atom is -0.497 e. The lowest BCUT2D eigenvalue weighted by Crippen LogP contribution is -2.53. The van der Waals surface area contributed by atoms with Gasteiger partial charge in [-0.15, -0.1) is 0 Å². The van der Waals surface area contributed by atoms with Crippen LogP contribution < -0.4 is 9.46 Å². The molecule has 1 atom stereocenters. The molecule has 168 valence electrons. The third-order valence-electron chi connectivity index (χ3n) is 5.88. The van der Waals surface area contributed by atoms with E-state index in [9.17, 15) is 13.2 Å². The molecule has 0 saturated carbocycles. The van der Waals surface area contributed by atoms with Gasteiger partial charge < -0.3 is 9.64 Å². The van der Waals surface area contributed by atoms with E-state index in [0.717, 1.165) is 19.3 Å². The Kier molecular flexibility index (Phi) is 7.73. The summed E-state index contributed by atoms with van der Waals surface area (Å²) in [5.74, 6) is 0.807. The van der Waals surface area contributed by atoms with Crippen LogP contribution in [0.25, 0.3) is 0 Å². The molecule has 1 amide bonds. The molecule has 2 aromatic carbocycles. The van der Waals surface area contributed by atoms with Gasteiger partial charge in [-0.25, -0.2) is 8.42 Å². The molecule has 1 unspecified atom stereocenters. The number of amides is 1. The lowest BCUT2D eigenvalue weighted by atomic mass is 9.89. The zero-order chi connectivity index (χ0) is 22.4. The number of hydrogen-bond acceptors (Lipinski definition) is 4. The highest BCUT2D eigenvalue weighted by Gasteiger charge is 2.33. The number of piperidine rings is 1. The minimum absolute atomic E-state index is 0.119. The van der Waals surface area contributed by atoms with E-state index < -0.39 is 16.1 Å². The van der Waals surface area contributed by atoms with E-state index in [0.29, 0.717) is 24.8 Å². The number of carbonyl (C=O) groups excluding carboxylic acids is 1. The van der Waals surface area contributed by atoms with Gasteiger partial charge in [0.05, 0.1) is 12.0 Å². The summed E-state index contributed by atoms with van der Waals surface area (Å²) in [6.45, 7) is 5.04. The number of sulfonamides is 1. The van der Waals surface area contributed by atoms with Crippen LogP contribution in [-0.2, 0) is 21.2 Å². The molecule has 1 heterocycles. The fourth-order valence-electron chi connectivity index (χ4n) is 3.96. The number of likely N-dealkylation sites (tertiary alicyclic amines) is 1. The van der Waals surface area contributed by atoms with E-state index >= 15 is 0 Å². The Morgan fingerprint density at radius 1 is 1.06 bits per heavy atom. The van der Waals surface area contributed by atoms with Crippen molar-refractivity contribution in [2.75, 3.05) is 20.2 Å². The highest BCUT2D eigenvalue weighted by atomic mass is 32.2. The van der Waals surface area contributed by atoms with Crippen LogP contribution in [0.5, 0.6) is 5.75 Å². The maximum atomic E-state index is 13.2. The van der Waals surface area contributed by atoms with Gasteiger partial charge in [0.15, 0.2) is 0 Å². The number of benzene rings is 2.